The van der Waals surface area contributed by atoms with E-state index in [9.17, 15) is 4.79 Å². The highest BCUT2D eigenvalue weighted by Gasteiger charge is 2.26. The smallest absolute Gasteiger partial charge is 0.410 e. The average molecular weight is 361 g/mol. The minimum absolute atomic E-state index is 0.259. The molecule has 0 bridgehead atoms. The molecule has 1 fully saturated rings. The van der Waals surface area contributed by atoms with Crippen LogP contribution in [0.4, 0.5) is 10.7 Å². The fourth-order valence-electron chi connectivity index (χ4n) is 2.22. The molecule has 1 aliphatic rings. The summed E-state index contributed by atoms with van der Waals surface area (Å²) in [6.07, 6.45) is 3.29. The molecule has 25 heavy (non-hydrogen) atoms. The molecular formula is C18H28N4O2Si. The first kappa shape index (κ1) is 19.3. The van der Waals surface area contributed by atoms with Crippen molar-refractivity contribution in [3.63, 3.8) is 0 Å². The molecule has 1 saturated heterocycles. The summed E-state index contributed by atoms with van der Waals surface area (Å²) < 4.78 is 5.41. The van der Waals surface area contributed by atoms with E-state index in [0.29, 0.717) is 32.1 Å². The first-order valence-corrected chi connectivity index (χ1v) is 12.1. The second kappa shape index (κ2) is 7.44. The monoisotopic (exact) mass is 360 g/mol. The van der Waals surface area contributed by atoms with E-state index in [0.717, 1.165) is 5.56 Å². The Kier molecular flexibility index (Phi) is 5.73. The van der Waals surface area contributed by atoms with Gasteiger partial charge < -0.3 is 14.5 Å². The van der Waals surface area contributed by atoms with Gasteiger partial charge in [0, 0.05) is 38.6 Å². The normalized spacial score (nSPS) is 15.4. The fourth-order valence-corrected chi connectivity index (χ4v) is 2.74. The Balaban J connectivity index is 1.92. The largest absolute Gasteiger partial charge is 0.444 e. The van der Waals surface area contributed by atoms with E-state index >= 15 is 0 Å². The molecule has 0 spiro atoms. The molecule has 0 radical (unpaired) electrons. The van der Waals surface area contributed by atoms with Crippen molar-refractivity contribution in [1.82, 2.24) is 14.9 Å². The molecule has 1 aliphatic heterocycles. The summed E-state index contributed by atoms with van der Waals surface area (Å²) in [5.41, 5.74) is 3.69. The Morgan fingerprint density at radius 2 is 1.68 bits per heavy atom. The quantitative estimate of drug-likeness (QED) is 0.569. The molecule has 1 aromatic rings. The van der Waals surface area contributed by atoms with E-state index in [1.165, 1.54) is 0 Å². The molecule has 0 aromatic carbocycles. The Labute approximate surface area is 151 Å². The molecule has 2 heterocycles. The van der Waals surface area contributed by atoms with Gasteiger partial charge >= 0.3 is 6.09 Å². The van der Waals surface area contributed by atoms with E-state index in [-0.39, 0.29) is 6.09 Å². The second-order valence-corrected chi connectivity index (χ2v) is 13.0. The lowest BCUT2D eigenvalue weighted by Gasteiger charge is -2.35. The molecule has 2 rings (SSSR count). The molecule has 0 unspecified atom stereocenters. The summed E-state index contributed by atoms with van der Waals surface area (Å²) in [4.78, 5) is 24.8. The van der Waals surface area contributed by atoms with Crippen molar-refractivity contribution in [2.24, 2.45) is 0 Å². The molecule has 0 atom stereocenters. The van der Waals surface area contributed by atoms with Gasteiger partial charge in [0.1, 0.15) is 13.7 Å². The van der Waals surface area contributed by atoms with Crippen molar-refractivity contribution in [1.29, 1.82) is 0 Å². The predicted octanol–water partition coefficient (Wildman–Crippen LogP) is 2.76. The highest BCUT2D eigenvalue weighted by Crippen LogP contribution is 2.14. The van der Waals surface area contributed by atoms with E-state index in [4.69, 9.17) is 4.74 Å². The van der Waals surface area contributed by atoms with Gasteiger partial charge in [0.25, 0.3) is 0 Å². The van der Waals surface area contributed by atoms with Gasteiger partial charge in [-0.05, 0) is 20.8 Å². The van der Waals surface area contributed by atoms with Crippen LogP contribution in [0, 0.1) is 11.5 Å². The van der Waals surface area contributed by atoms with Gasteiger partial charge in [0.05, 0.1) is 5.56 Å². The number of piperazine rings is 1. The zero-order valence-corrected chi connectivity index (χ0v) is 17.1. The van der Waals surface area contributed by atoms with Crippen LogP contribution in [-0.2, 0) is 4.74 Å². The van der Waals surface area contributed by atoms with Gasteiger partial charge in [-0.3, -0.25) is 0 Å². The van der Waals surface area contributed by atoms with Crippen molar-refractivity contribution < 1.29 is 9.53 Å². The fraction of sp³-hybridized carbons (Fsp3) is 0.611. The third-order valence-electron chi connectivity index (χ3n) is 3.43. The number of amides is 1. The van der Waals surface area contributed by atoms with Crippen LogP contribution in [0.1, 0.15) is 26.3 Å². The van der Waals surface area contributed by atoms with Gasteiger partial charge in [-0.15, -0.1) is 5.54 Å². The van der Waals surface area contributed by atoms with Gasteiger partial charge in [-0.25, -0.2) is 14.8 Å². The lowest BCUT2D eigenvalue weighted by Crippen LogP contribution is -2.50. The molecule has 6 nitrogen and oxygen atoms in total. The molecule has 7 heteroatoms. The van der Waals surface area contributed by atoms with Crippen molar-refractivity contribution in [2.45, 2.75) is 46.0 Å². The predicted molar refractivity (Wildman–Crippen MR) is 102 cm³/mol. The molecule has 0 saturated carbocycles. The van der Waals surface area contributed by atoms with Crippen LogP contribution in [0.3, 0.4) is 0 Å². The Morgan fingerprint density at radius 3 is 2.16 bits per heavy atom. The van der Waals surface area contributed by atoms with E-state index < -0.39 is 13.7 Å². The number of carbonyl (C=O) groups excluding carboxylic acids is 1. The summed E-state index contributed by atoms with van der Waals surface area (Å²) in [5, 5.41) is 0. The average Bonchev–Trinajstić information content (AvgIpc) is 2.51. The van der Waals surface area contributed by atoms with Gasteiger partial charge in [0.2, 0.25) is 5.95 Å². The topological polar surface area (TPSA) is 58.6 Å². The maximum atomic E-state index is 12.1. The summed E-state index contributed by atoms with van der Waals surface area (Å²) in [5.74, 6) is 3.84. The van der Waals surface area contributed by atoms with Gasteiger partial charge in [0.15, 0.2) is 0 Å². The number of anilines is 1. The van der Waals surface area contributed by atoms with Crippen LogP contribution in [0.25, 0.3) is 0 Å². The number of aromatic nitrogens is 2. The summed E-state index contributed by atoms with van der Waals surface area (Å²) >= 11 is 0. The van der Waals surface area contributed by atoms with Crippen molar-refractivity contribution in [3.05, 3.63) is 18.0 Å². The van der Waals surface area contributed by atoms with Crippen molar-refractivity contribution >= 4 is 20.1 Å². The Hall–Kier alpha value is -2.07. The third kappa shape index (κ3) is 6.39. The van der Waals surface area contributed by atoms with Crippen LogP contribution in [0.5, 0.6) is 0 Å². The SMILES string of the molecule is CC(C)(C)OC(=O)N1CCN(c2ncc(C#C[Si](C)(C)C)cn2)CC1. The zero-order valence-electron chi connectivity index (χ0n) is 16.1. The second-order valence-electron chi connectivity index (χ2n) is 8.23. The standard InChI is InChI=1S/C18H28N4O2Si/c1-18(2,3)24-17(23)22-10-8-21(9-11-22)16-19-13-15(14-20-16)7-12-25(4,5)6/h13-14H,8-11H2,1-6H3. The third-order valence-corrected chi connectivity index (χ3v) is 4.31. The highest BCUT2D eigenvalue weighted by atomic mass is 28.3. The molecule has 1 aromatic heterocycles. The van der Waals surface area contributed by atoms with Crippen LogP contribution in [-0.4, -0.2) is 60.8 Å². The Morgan fingerprint density at radius 1 is 1.12 bits per heavy atom. The van der Waals surface area contributed by atoms with Crippen molar-refractivity contribution in [3.8, 4) is 11.5 Å². The lowest BCUT2D eigenvalue weighted by molar-refractivity contribution is 0.0240. The van der Waals surface area contributed by atoms with Crippen LogP contribution in [0.2, 0.25) is 19.6 Å². The summed E-state index contributed by atoms with van der Waals surface area (Å²) in [6, 6.07) is 0. The van der Waals surface area contributed by atoms with E-state index in [2.05, 4.69) is 46.0 Å². The number of rotatable bonds is 1. The zero-order chi connectivity index (χ0) is 18.7. The first-order chi connectivity index (χ1) is 11.5. The van der Waals surface area contributed by atoms with Crippen LogP contribution in [0.15, 0.2) is 12.4 Å². The number of hydrogen-bond acceptors (Lipinski definition) is 5. The number of ether oxygens (including phenoxy) is 1. The number of carbonyl (C=O) groups is 1. The molecular weight excluding hydrogens is 332 g/mol. The Bertz CT molecular complexity index is 658. The highest BCUT2D eigenvalue weighted by molar-refractivity contribution is 6.83. The maximum absolute atomic E-state index is 12.1. The van der Waals surface area contributed by atoms with E-state index in [1.54, 1.807) is 17.3 Å². The van der Waals surface area contributed by atoms with E-state index in [1.807, 2.05) is 20.8 Å². The molecule has 1 amide bonds. The molecule has 0 aliphatic carbocycles. The van der Waals surface area contributed by atoms with Gasteiger partial charge in [-0.2, -0.15) is 0 Å². The summed E-state index contributed by atoms with van der Waals surface area (Å²) in [6.45, 7) is 14.9. The van der Waals surface area contributed by atoms with Crippen LogP contribution >= 0.6 is 0 Å². The van der Waals surface area contributed by atoms with Crippen molar-refractivity contribution in [2.75, 3.05) is 31.1 Å². The minimum Gasteiger partial charge on any atom is -0.444 e. The summed E-state index contributed by atoms with van der Waals surface area (Å²) in [7, 11) is -1.40. The van der Waals surface area contributed by atoms with Gasteiger partial charge in [-0.1, -0.05) is 25.6 Å². The number of hydrogen-bond donors (Lipinski definition) is 0. The first-order valence-electron chi connectivity index (χ1n) is 8.62. The van der Waals surface area contributed by atoms with Crippen LogP contribution < -0.4 is 4.90 Å². The lowest BCUT2D eigenvalue weighted by atomic mass is 10.2. The molecule has 136 valence electrons. The minimum atomic E-state index is -1.40. The number of nitrogens with zero attached hydrogens (tertiary/aromatic N) is 4. The molecule has 0 N–H and O–H groups in total. The maximum Gasteiger partial charge on any atom is 0.410 e.